The van der Waals surface area contributed by atoms with Crippen molar-refractivity contribution >= 4 is 15.7 Å². The number of aryl methyl sites for hydroxylation is 2. The Balaban J connectivity index is 2.02. The van der Waals surface area contributed by atoms with Gasteiger partial charge in [-0.25, -0.2) is 8.42 Å². The smallest absolute Gasteiger partial charge is 0.262 e. The summed E-state index contributed by atoms with van der Waals surface area (Å²) in [5.74, 6) is 1.22. The first-order valence-corrected chi connectivity index (χ1v) is 9.85. The van der Waals surface area contributed by atoms with E-state index in [2.05, 4.69) is 4.72 Å². The standard InChI is InChI=1S/C19H23NO4S/c1-5-23-18-10-15-9-14(4)24-17(15)11-16(18)20-25(21,22)19-8-12(2)6-7-13(19)3/h6-8,10-11,14,20H,5,9H2,1-4H3/t14-/m1/s1. The number of benzene rings is 2. The Bertz CT molecular complexity index is 906. The van der Waals surface area contributed by atoms with E-state index >= 15 is 0 Å². The van der Waals surface area contributed by atoms with E-state index in [0.29, 0.717) is 29.4 Å². The van der Waals surface area contributed by atoms with Crippen molar-refractivity contribution in [2.24, 2.45) is 0 Å². The average molecular weight is 361 g/mol. The predicted octanol–water partition coefficient (Wildman–Crippen LogP) is 3.83. The van der Waals surface area contributed by atoms with Crippen LogP contribution in [0.4, 0.5) is 5.69 Å². The molecule has 0 saturated carbocycles. The van der Waals surface area contributed by atoms with Crippen LogP contribution in [0.2, 0.25) is 0 Å². The van der Waals surface area contributed by atoms with E-state index in [1.54, 1.807) is 25.1 Å². The maximum absolute atomic E-state index is 12.9. The Kier molecular flexibility index (Phi) is 4.64. The highest BCUT2D eigenvalue weighted by Crippen LogP contribution is 2.39. The van der Waals surface area contributed by atoms with E-state index in [4.69, 9.17) is 9.47 Å². The molecular formula is C19H23NO4S. The summed E-state index contributed by atoms with van der Waals surface area (Å²) >= 11 is 0. The third-order valence-electron chi connectivity index (χ3n) is 4.18. The predicted molar refractivity (Wildman–Crippen MR) is 98.1 cm³/mol. The Morgan fingerprint density at radius 1 is 1.24 bits per heavy atom. The molecule has 1 aliphatic rings. The second-order valence-corrected chi connectivity index (χ2v) is 8.05. The lowest BCUT2D eigenvalue weighted by Gasteiger charge is -2.16. The van der Waals surface area contributed by atoms with E-state index in [1.807, 2.05) is 32.9 Å². The largest absolute Gasteiger partial charge is 0.492 e. The first kappa shape index (κ1) is 17.6. The third kappa shape index (κ3) is 3.58. The second-order valence-electron chi connectivity index (χ2n) is 6.40. The third-order valence-corrected chi connectivity index (χ3v) is 5.68. The first-order valence-electron chi connectivity index (χ1n) is 8.36. The van der Waals surface area contributed by atoms with Crippen molar-refractivity contribution in [3.05, 3.63) is 47.0 Å². The van der Waals surface area contributed by atoms with Crippen LogP contribution in [-0.4, -0.2) is 21.1 Å². The van der Waals surface area contributed by atoms with Crippen LogP contribution in [0.1, 0.15) is 30.5 Å². The lowest BCUT2D eigenvalue weighted by molar-refractivity contribution is 0.254. The zero-order chi connectivity index (χ0) is 18.2. The van der Waals surface area contributed by atoms with Crippen molar-refractivity contribution in [3.8, 4) is 11.5 Å². The Labute approximate surface area is 149 Å². The van der Waals surface area contributed by atoms with Gasteiger partial charge >= 0.3 is 0 Å². The van der Waals surface area contributed by atoms with Gasteiger partial charge in [-0.2, -0.15) is 0 Å². The molecule has 2 aromatic rings. The van der Waals surface area contributed by atoms with Crippen LogP contribution in [-0.2, 0) is 16.4 Å². The SMILES string of the molecule is CCOc1cc2c(cc1NS(=O)(=O)c1cc(C)ccc1C)O[C@H](C)C2. The van der Waals surface area contributed by atoms with Gasteiger partial charge in [0.2, 0.25) is 0 Å². The molecule has 1 heterocycles. The molecule has 1 atom stereocenters. The van der Waals surface area contributed by atoms with Gasteiger partial charge in [-0.05, 0) is 51.0 Å². The number of nitrogens with one attached hydrogen (secondary N) is 1. The number of fused-ring (bicyclic) bond motifs is 1. The summed E-state index contributed by atoms with van der Waals surface area (Å²) in [6.07, 6.45) is 0.870. The number of sulfonamides is 1. The molecule has 6 heteroatoms. The number of ether oxygens (including phenoxy) is 2. The summed E-state index contributed by atoms with van der Waals surface area (Å²) in [5.41, 5.74) is 3.02. The molecule has 0 radical (unpaired) electrons. The topological polar surface area (TPSA) is 64.6 Å². The number of rotatable bonds is 5. The Hall–Kier alpha value is -2.21. The van der Waals surface area contributed by atoms with E-state index < -0.39 is 10.0 Å². The van der Waals surface area contributed by atoms with Crippen LogP contribution < -0.4 is 14.2 Å². The molecule has 5 nitrogen and oxygen atoms in total. The molecule has 0 fully saturated rings. The van der Waals surface area contributed by atoms with Crippen LogP contribution in [0.25, 0.3) is 0 Å². The highest BCUT2D eigenvalue weighted by molar-refractivity contribution is 7.92. The fourth-order valence-electron chi connectivity index (χ4n) is 2.99. The van der Waals surface area contributed by atoms with Gasteiger partial charge in [0.1, 0.15) is 17.6 Å². The molecule has 2 aromatic carbocycles. The van der Waals surface area contributed by atoms with E-state index in [9.17, 15) is 8.42 Å². The minimum absolute atomic E-state index is 0.0790. The van der Waals surface area contributed by atoms with Crippen LogP contribution in [0, 0.1) is 13.8 Å². The lowest BCUT2D eigenvalue weighted by Crippen LogP contribution is -2.15. The van der Waals surface area contributed by atoms with Gasteiger partial charge in [0.05, 0.1) is 17.2 Å². The summed E-state index contributed by atoms with van der Waals surface area (Å²) < 4.78 is 39.8. The molecule has 0 spiro atoms. The number of anilines is 1. The molecular weight excluding hydrogens is 338 g/mol. The van der Waals surface area contributed by atoms with E-state index in [1.165, 1.54) is 0 Å². The highest BCUT2D eigenvalue weighted by Gasteiger charge is 2.25. The van der Waals surface area contributed by atoms with Gasteiger partial charge in [-0.3, -0.25) is 4.72 Å². The quantitative estimate of drug-likeness (QED) is 0.879. The van der Waals surface area contributed by atoms with Crippen molar-refractivity contribution in [2.75, 3.05) is 11.3 Å². The summed E-state index contributed by atoms with van der Waals surface area (Å²) in [7, 11) is -3.72. The van der Waals surface area contributed by atoms with E-state index in [0.717, 1.165) is 17.5 Å². The molecule has 1 aliphatic heterocycles. The number of hydrogen-bond donors (Lipinski definition) is 1. The minimum atomic E-state index is -3.72. The van der Waals surface area contributed by atoms with Crippen molar-refractivity contribution < 1.29 is 17.9 Å². The molecule has 0 amide bonds. The zero-order valence-corrected chi connectivity index (χ0v) is 15.7. The van der Waals surface area contributed by atoms with Crippen LogP contribution in [0.3, 0.4) is 0 Å². The lowest BCUT2D eigenvalue weighted by atomic mass is 10.1. The Morgan fingerprint density at radius 3 is 2.72 bits per heavy atom. The highest BCUT2D eigenvalue weighted by atomic mass is 32.2. The summed E-state index contributed by atoms with van der Waals surface area (Å²) in [5, 5.41) is 0. The van der Waals surface area contributed by atoms with Gasteiger partial charge in [0.25, 0.3) is 10.0 Å². The van der Waals surface area contributed by atoms with Crippen molar-refractivity contribution in [1.82, 2.24) is 0 Å². The van der Waals surface area contributed by atoms with Crippen LogP contribution in [0.15, 0.2) is 35.2 Å². The average Bonchev–Trinajstić information content (AvgIpc) is 2.89. The van der Waals surface area contributed by atoms with Gasteiger partial charge in [0.15, 0.2) is 0 Å². The Morgan fingerprint density at radius 2 is 2.00 bits per heavy atom. The number of hydrogen-bond acceptors (Lipinski definition) is 4. The van der Waals surface area contributed by atoms with Crippen molar-refractivity contribution in [1.29, 1.82) is 0 Å². The van der Waals surface area contributed by atoms with Gasteiger partial charge in [0, 0.05) is 18.1 Å². The van der Waals surface area contributed by atoms with Gasteiger partial charge < -0.3 is 9.47 Å². The molecule has 134 valence electrons. The molecule has 25 heavy (non-hydrogen) atoms. The molecule has 3 rings (SSSR count). The fourth-order valence-corrected chi connectivity index (χ4v) is 4.38. The molecule has 0 aliphatic carbocycles. The molecule has 0 saturated heterocycles. The van der Waals surface area contributed by atoms with Crippen LogP contribution in [0.5, 0.6) is 11.5 Å². The summed E-state index contributed by atoms with van der Waals surface area (Å²) in [4.78, 5) is 0.268. The summed E-state index contributed by atoms with van der Waals surface area (Å²) in [6, 6.07) is 8.95. The maximum atomic E-state index is 12.9. The normalized spacial score (nSPS) is 16.2. The first-order chi connectivity index (χ1) is 11.8. The van der Waals surface area contributed by atoms with Gasteiger partial charge in [-0.1, -0.05) is 12.1 Å². The summed E-state index contributed by atoms with van der Waals surface area (Å²) in [6.45, 7) is 7.96. The molecule has 0 bridgehead atoms. The van der Waals surface area contributed by atoms with Gasteiger partial charge in [-0.15, -0.1) is 0 Å². The van der Waals surface area contributed by atoms with Crippen molar-refractivity contribution in [3.63, 3.8) is 0 Å². The zero-order valence-electron chi connectivity index (χ0n) is 14.9. The monoisotopic (exact) mass is 361 g/mol. The minimum Gasteiger partial charge on any atom is -0.492 e. The van der Waals surface area contributed by atoms with Crippen molar-refractivity contribution in [2.45, 2.75) is 45.1 Å². The maximum Gasteiger partial charge on any atom is 0.262 e. The molecule has 1 N–H and O–H groups in total. The molecule has 0 unspecified atom stereocenters. The second kappa shape index (κ2) is 6.59. The fraction of sp³-hybridized carbons (Fsp3) is 0.368. The van der Waals surface area contributed by atoms with E-state index in [-0.39, 0.29) is 11.0 Å². The molecule has 0 aromatic heterocycles. The van der Waals surface area contributed by atoms with Crippen LogP contribution >= 0.6 is 0 Å².